The molecule has 1 aliphatic heterocycles. The van der Waals surface area contributed by atoms with Crippen LogP contribution < -0.4 is 10.1 Å². The first kappa shape index (κ1) is 25.2. The van der Waals surface area contributed by atoms with Gasteiger partial charge in [0.05, 0.1) is 30.5 Å². The summed E-state index contributed by atoms with van der Waals surface area (Å²) >= 11 is 0. The predicted molar refractivity (Wildman–Crippen MR) is 126 cm³/mol. The molecule has 1 N–H and O–H groups in total. The van der Waals surface area contributed by atoms with E-state index >= 15 is 0 Å². The van der Waals surface area contributed by atoms with Gasteiger partial charge in [0.15, 0.2) is 0 Å². The standard InChI is InChI=1S/C22H29N3O6S2/c1-31-21-12-11-19(33(29,30)24-13-7-4-8-14-24)15-20(21)23-22(26)17-25(32(2,27)28)16-18-9-5-3-6-10-18/h3,5-6,9-12,15H,4,7-8,13-14,16-17H2,1-2H3,(H,23,26). The first-order chi connectivity index (χ1) is 15.6. The van der Waals surface area contributed by atoms with E-state index in [1.807, 2.05) is 6.07 Å². The fourth-order valence-corrected chi connectivity index (χ4v) is 5.91. The molecule has 180 valence electrons. The van der Waals surface area contributed by atoms with Gasteiger partial charge in [-0.15, -0.1) is 0 Å². The van der Waals surface area contributed by atoms with Crippen molar-refractivity contribution in [2.45, 2.75) is 30.7 Å². The Balaban J connectivity index is 1.80. The molecule has 0 bridgehead atoms. The number of anilines is 1. The lowest BCUT2D eigenvalue weighted by Crippen LogP contribution is -2.37. The van der Waals surface area contributed by atoms with Crippen LogP contribution in [-0.4, -0.2) is 64.4 Å². The first-order valence-electron chi connectivity index (χ1n) is 10.6. The summed E-state index contributed by atoms with van der Waals surface area (Å²) in [5, 5.41) is 2.61. The summed E-state index contributed by atoms with van der Waals surface area (Å²) in [5.41, 5.74) is 0.900. The SMILES string of the molecule is COc1ccc(S(=O)(=O)N2CCCCC2)cc1NC(=O)CN(Cc1ccccc1)S(C)(=O)=O. The zero-order valence-electron chi connectivity index (χ0n) is 18.7. The lowest BCUT2D eigenvalue weighted by atomic mass is 10.2. The number of ether oxygens (including phenoxy) is 1. The molecule has 0 radical (unpaired) electrons. The van der Waals surface area contributed by atoms with Gasteiger partial charge in [0.1, 0.15) is 5.75 Å². The van der Waals surface area contributed by atoms with Crippen molar-refractivity contribution in [2.24, 2.45) is 0 Å². The van der Waals surface area contributed by atoms with Gasteiger partial charge in [0.2, 0.25) is 26.0 Å². The summed E-state index contributed by atoms with van der Waals surface area (Å²) in [4.78, 5) is 12.8. The highest BCUT2D eigenvalue weighted by atomic mass is 32.2. The molecule has 0 saturated carbocycles. The van der Waals surface area contributed by atoms with E-state index in [1.54, 1.807) is 24.3 Å². The van der Waals surface area contributed by atoms with Crippen LogP contribution in [0.3, 0.4) is 0 Å². The quantitative estimate of drug-likeness (QED) is 0.571. The maximum absolute atomic E-state index is 13.0. The van der Waals surface area contributed by atoms with Crippen molar-refractivity contribution >= 4 is 31.6 Å². The maximum atomic E-state index is 13.0. The number of hydrogen-bond acceptors (Lipinski definition) is 6. The van der Waals surface area contributed by atoms with E-state index in [1.165, 1.54) is 29.6 Å². The summed E-state index contributed by atoms with van der Waals surface area (Å²) in [7, 11) is -5.98. The second kappa shape index (κ2) is 10.6. The third-order valence-corrected chi connectivity index (χ3v) is 8.48. The van der Waals surface area contributed by atoms with E-state index in [0.29, 0.717) is 13.1 Å². The Labute approximate surface area is 195 Å². The normalized spacial score (nSPS) is 15.4. The topological polar surface area (TPSA) is 113 Å². The molecule has 3 rings (SSSR count). The Morgan fingerprint density at radius 1 is 1.03 bits per heavy atom. The zero-order valence-corrected chi connectivity index (χ0v) is 20.4. The summed E-state index contributed by atoms with van der Waals surface area (Å²) in [6, 6.07) is 13.2. The Hall–Kier alpha value is -2.47. The molecule has 0 spiro atoms. The molecular weight excluding hydrogens is 466 g/mol. The minimum atomic E-state index is -3.71. The average molecular weight is 496 g/mol. The summed E-state index contributed by atoms with van der Waals surface area (Å²) in [6.45, 7) is 0.519. The largest absolute Gasteiger partial charge is 0.495 e. The van der Waals surface area contributed by atoms with Crippen molar-refractivity contribution in [2.75, 3.05) is 38.3 Å². The van der Waals surface area contributed by atoms with E-state index in [4.69, 9.17) is 4.74 Å². The molecule has 0 unspecified atom stereocenters. The Morgan fingerprint density at radius 3 is 2.30 bits per heavy atom. The van der Waals surface area contributed by atoms with Gasteiger partial charge in [-0.2, -0.15) is 8.61 Å². The first-order valence-corrected chi connectivity index (χ1v) is 13.9. The van der Waals surface area contributed by atoms with Crippen LogP contribution >= 0.6 is 0 Å². The molecule has 33 heavy (non-hydrogen) atoms. The molecule has 2 aromatic rings. The van der Waals surface area contributed by atoms with Crippen LogP contribution in [0.25, 0.3) is 0 Å². The molecular formula is C22H29N3O6S2. The molecule has 1 amide bonds. The zero-order chi connectivity index (χ0) is 24.1. The summed E-state index contributed by atoms with van der Waals surface area (Å²) in [5.74, 6) is -0.336. The number of nitrogens with zero attached hydrogens (tertiary/aromatic N) is 2. The molecule has 11 heteroatoms. The average Bonchev–Trinajstić information content (AvgIpc) is 2.79. The molecule has 9 nitrogen and oxygen atoms in total. The summed E-state index contributed by atoms with van der Waals surface area (Å²) < 4.78 is 58.3. The number of carbonyl (C=O) groups is 1. The molecule has 1 aliphatic rings. The monoisotopic (exact) mass is 495 g/mol. The van der Waals surface area contributed by atoms with Crippen LogP contribution in [0.15, 0.2) is 53.4 Å². The molecule has 0 aromatic heterocycles. The number of amides is 1. The Morgan fingerprint density at radius 2 is 1.70 bits per heavy atom. The van der Waals surface area contributed by atoms with Crippen molar-refractivity contribution in [3.05, 3.63) is 54.1 Å². The van der Waals surface area contributed by atoms with Gasteiger partial charge >= 0.3 is 0 Å². The van der Waals surface area contributed by atoms with Gasteiger partial charge in [-0.25, -0.2) is 16.8 Å². The maximum Gasteiger partial charge on any atom is 0.243 e. The van der Waals surface area contributed by atoms with Crippen molar-refractivity contribution in [1.29, 1.82) is 0 Å². The van der Waals surface area contributed by atoms with Gasteiger partial charge in [0.25, 0.3) is 0 Å². The second-order valence-electron chi connectivity index (χ2n) is 7.89. The molecule has 1 fully saturated rings. The van der Waals surface area contributed by atoms with Gasteiger partial charge in [0, 0.05) is 19.6 Å². The highest BCUT2D eigenvalue weighted by Crippen LogP contribution is 2.30. The van der Waals surface area contributed by atoms with Crippen LogP contribution in [0.2, 0.25) is 0 Å². The molecule has 1 heterocycles. The third kappa shape index (κ3) is 6.53. The van der Waals surface area contributed by atoms with Crippen molar-refractivity contribution < 1.29 is 26.4 Å². The lowest BCUT2D eigenvalue weighted by molar-refractivity contribution is -0.116. The minimum Gasteiger partial charge on any atom is -0.495 e. The number of carbonyl (C=O) groups excluding carboxylic acids is 1. The Bertz CT molecular complexity index is 1180. The number of piperidine rings is 1. The molecule has 0 atom stereocenters. The van der Waals surface area contributed by atoms with Gasteiger partial charge in [-0.05, 0) is 36.6 Å². The fourth-order valence-electron chi connectivity index (χ4n) is 3.63. The number of hydrogen-bond donors (Lipinski definition) is 1. The predicted octanol–water partition coefficient (Wildman–Crippen LogP) is 2.27. The fraction of sp³-hybridized carbons (Fsp3) is 0.409. The molecule has 1 saturated heterocycles. The number of rotatable bonds is 9. The lowest BCUT2D eigenvalue weighted by Gasteiger charge is -2.26. The second-order valence-corrected chi connectivity index (χ2v) is 11.8. The highest BCUT2D eigenvalue weighted by molar-refractivity contribution is 7.89. The molecule has 0 aliphatic carbocycles. The van der Waals surface area contributed by atoms with Crippen LogP contribution in [0.1, 0.15) is 24.8 Å². The number of benzene rings is 2. The van der Waals surface area contributed by atoms with E-state index in [-0.39, 0.29) is 22.9 Å². The van der Waals surface area contributed by atoms with Crippen LogP contribution in [0.4, 0.5) is 5.69 Å². The molecule has 2 aromatic carbocycles. The van der Waals surface area contributed by atoms with Crippen LogP contribution in [0.5, 0.6) is 5.75 Å². The van der Waals surface area contributed by atoms with Gasteiger partial charge in [-0.1, -0.05) is 36.8 Å². The van der Waals surface area contributed by atoms with Crippen molar-refractivity contribution in [3.8, 4) is 5.75 Å². The van der Waals surface area contributed by atoms with E-state index in [9.17, 15) is 21.6 Å². The van der Waals surface area contributed by atoms with Crippen LogP contribution in [0, 0.1) is 0 Å². The number of nitrogens with one attached hydrogen (secondary N) is 1. The third-order valence-electron chi connectivity index (χ3n) is 5.39. The number of sulfonamides is 2. The van der Waals surface area contributed by atoms with Crippen LogP contribution in [-0.2, 0) is 31.4 Å². The Kier molecular flexibility index (Phi) is 8.11. The van der Waals surface area contributed by atoms with E-state index < -0.39 is 32.5 Å². The van der Waals surface area contributed by atoms with E-state index in [2.05, 4.69) is 5.32 Å². The minimum absolute atomic E-state index is 0.0353. The van der Waals surface area contributed by atoms with E-state index in [0.717, 1.165) is 35.4 Å². The highest BCUT2D eigenvalue weighted by Gasteiger charge is 2.27. The van der Waals surface area contributed by atoms with Crippen molar-refractivity contribution in [3.63, 3.8) is 0 Å². The van der Waals surface area contributed by atoms with Gasteiger partial charge < -0.3 is 10.1 Å². The van der Waals surface area contributed by atoms with Gasteiger partial charge in [-0.3, -0.25) is 4.79 Å². The smallest absolute Gasteiger partial charge is 0.243 e. The number of methoxy groups -OCH3 is 1. The summed E-state index contributed by atoms with van der Waals surface area (Å²) in [6.07, 6.45) is 3.65. The van der Waals surface area contributed by atoms with Crippen molar-refractivity contribution in [1.82, 2.24) is 8.61 Å².